The summed E-state index contributed by atoms with van der Waals surface area (Å²) in [6, 6.07) is 5.04. The average molecular weight is 808 g/mol. The third-order valence-electron chi connectivity index (χ3n) is 10.1. The fraction of sp³-hybridized carbons (Fsp3) is 0.529. The molecule has 19 heteroatoms. The smallest absolute Gasteiger partial charge is 0.227 e. The van der Waals surface area contributed by atoms with Crippen LogP contribution >= 0.6 is 23.2 Å². The number of aromatic nitrogens is 4. The summed E-state index contributed by atoms with van der Waals surface area (Å²) in [7, 11) is 1.40. The first-order chi connectivity index (χ1) is 25.4. The molecular formula is C34H41Cl2FN10O4S2. The number of amides is 2. The minimum Gasteiger partial charge on any atom is -0.368 e. The molecule has 2 amide bonds. The maximum Gasteiger partial charge on any atom is 0.227 e. The molecule has 53 heavy (non-hydrogen) atoms. The van der Waals surface area contributed by atoms with E-state index in [4.69, 9.17) is 33.2 Å². The number of nitrogens with one attached hydrogen (secondary N) is 2. The van der Waals surface area contributed by atoms with Crippen LogP contribution in [0, 0.1) is 5.82 Å². The zero-order chi connectivity index (χ0) is 37.4. The Balaban J connectivity index is 0.000000186. The number of hydrogen-bond donors (Lipinski definition) is 2. The minimum atomic E-state index is -1.12. The van der Waals surface area contributed by atoms with Crippen LogP contribution in [0.1, 0.15) is 37.1 Å². The Bertz CT molecular complexity index is 1970. The number of aryl methyl sites for hydroxylation is 2. The van der Waals surface area contributed by atoms with Gasteiger partial charge in [0.2, 0.25) is 23.0 Å². The lowest BCUT2D eigenvalue weighted by Crippen LogP contribution is -2.47. The molecule has 3 saturated heterocycles. The van der Waals surface area contributed by atoms with Crippen LogP contribution in [-0.4, -0.2) is 127 Å². The lowest BCUT2D eigenvalue weighted by molar-refractivity contribution is -0.132. The topological polar surface area (TPSA) is 157 Å². The van der Waals surface area contributed by atoms with E-state index in [0.29, 0.717) is 104 Å². The number of hydrogen-bond acceptors (Lipinski definition) is 12. The second-order valence-corrected chi connectivity index (χ2v) is 17.5. The molecule has 0 bridgehead atoms. The van der Waals surface area contributed by atoms with Crippen LogP contribution in [0.3, 0.4) is 0 Å². The van der Waals surface area contributed by atoms with E-state index in [1.54, 1.807) is 30.0 Å². The fourth-order valence-electron chi connectivity index (χ4n) is 7.18. The summed E-state index contributed by atoms with van der Waals surface area (Å²) in [5, 5.41) is 7.03. The van der Waals surface area contributed by atoms with Gasteiger partial charge in [0.05, 0.1) is 38.0 Å². The molecule has 2 unspecified atom stereocenters. The number of benzene rings is 1. The first-order valence-corrected chi connectivity index (χ1v) is 21.0. The molecule has 5 aliphatic heterocycles. The fourth-order valence-corrected chi connectivity index (χ4v) is 10.1. The van der Waals surface area contributed by atoms with Gasteiger partial charge in [0.1, 0.15) is 27.2 Å². The molecule has 0 aliphatic carbocycles. The number of anilines is 4. The maximum atomic E-state index is 13.9. The molecule has 2 aromatic heterocycles. The van der Waals surface area contributed by atoms with Crippen molar-refractivity contribution in [2.45, 2.75) is 60.4 Å². The van der Waals surface area contributed by atoms with E-state index >= 15 is 0 Å². The molecule has 0 spiro atoms. The highest BCUT2D eigenvalue weighted by Crippen LogP contribution is 2.33. The Morgan fingerprint density at radius 1 is 0.736 bits per heavy atom. The highest BCUT2D eigenvalue weighted by molar-refractivity contribution is 7.85. The van der Waals surface area contributed by atoms with Gasteiger partial charge < -0.3 is 30.2 Å². The van der Waals surface area contributed by atoms with Gasteiger partial charge in [-0.15, -0.1) is 0 Å². The predicted octanol–water partition coefficient (Wildman–Crippen LogP) is 3.12. The third kappa shape index (κ3) is 8.37. The Morgan fingerprint density at radius 2 is 1.26 bits per heavy atom. The summed E-state index contributed by atoms with van der Waals surface area (Å²) in [6.07, 6.45) is 3.80. The van der Waals surface area contributed by atoms with Crippen LogP contribution in [0.25, 0.3) is 0 Å². The van der Waals surface area contributed by atoms with Crippen molar-refractivity contribution in [2.24, 2.45) is 0 Å². The van der Waals surface area contributed by atoms with E-state index in [1.165, 1.54) is 6.07 Å². The highest BCUT2D eigenvalue weighted by atomic mass is 35.5. The Kier molecular flexibility index (Phi) is 11.3. The molecule has 284 valence electrons. The number of carbonyl (C=O) groups excluding carboxylic acids is 2. The van der Waals surface area contributed by atoms with Gasteiger partial charge in [-0.2, -0.15) is 9.97 Å². The molecule has 7 heterocycles. The second kappa shape index (κ2) is 16.0. The molecule has 0 saturated carbocycles. The van der Waals surface area contributed by atoms with Crippen LogP contribution in [-0.2, 0) is 44.0 Å². The lowest BCUT2D eigenvalue weighted by Gasteiger charge is -2.36. The Morgan fingerprint density at radius 3 is 1.81 bits per heavy atom. The number of rotatable bonds is 6. The summed E-state index contributed by atoms with van der Waals surface area (Å²) in [5.74, 6) is 2.81. The Hall–Kier alpha value is -3.67. The summed E-state index contributed by atoms with van der Waals surface area (Å²) in [4.78, 5) is 50.2. The predicted molar refractivity (Wildman–Crippen MR) is 203 cm³/mol. The Labute approximate surface area is 322 Å². The van der Waals surface area contributed by atoms with Crippen molar-refractivity contribution in [3.63, 3.8) is 0 Å². The van der Waals surface area contributed by atoms with Crippen molar-refractivity contribution in [3.8, 4) is 0 Å². The van der Waals surface area contributed by atoms with E-state index in [0.717, 1.165) is 29.9 Å². The summed E-state index contributed by atoms with van der Waals surface area (Å²) < 4.78 is 38.6. The molecule has 3 aromatic rings. The largest absolute Gasteiger partial charge is 0.368 e. The zero-order valence-electron chi connectivity index (χ0n) is 29.4. The average Bonchev–Trinajstić information content (AvgIpc) is 3.71. The number of nitrogens with zero attached hydrogens (tertiary/aromatic N) is 8. The highest BCUT2D eigenvalue weighted by Gasteiger charge is 2.32. The number of likely N-dealkylation sites (N-methyl/N-ethyl adjacent to an activating group) is 2. The van der Waals surface area contributed by atoms with Gasteiger partial charge in [-0.25, -0.2) is 14.4 Å². The van der Waals surface area contributed by atoms with Gasteiger partial charge in [0.25, 0.3) is 0 Å². The molecule has 3 fully saturated rings. The van der Waals surface area contributed by atoms with Crippen molar-refractivity contribution in [1.82, 2.24) is 29.7 Å². The van der Waals surface area contributed by atoms with Crippen molar-refractivity contribution in [2.75, 3.05) is 85.3 Å². The number of fused-ring (bicyclic) bond motifs is 2. The van der Waals surface area contributed by atoms with Gasteiger partial charge in [-0.1, -0.05) is 11.6 Å². The van der Waals surface area contributed by atoms with Crippen LogP contribution in [0.4, 0.5) is 27.7 Å². The summed E-state index contributed by atoms with van der Waals surface area (Å²) in [5.41, 5.74) is 2.41. The second-order valence-electron chi connectivity index (χ2n) is 13.7. The van der Waals surface area contributed by atoms with Gasteiger partial charge in [0.15, 0.2) is 0 Å². The molecule has 2 N–H and O–H groups in total. The number of halogens is 3. The summed E-state index contributed by atoms with van der Waals surface area (Å²) in [6.45, 7) is 3.98. The number of piperazine rings is 1. The van der Waals surface area contributed by atoms with Gasteiger partial charge in [-0.3, -0.25) is 18.0 Å². The van der Waals surface area contributed by atoms with E-state index in [1.807, 2.05) is 6.07 Å². The molecule has 8 rings (SSSR count). The van der Waals surface area contributed by atoms with Crippen molar-refractivity contribution < 1.29 is 22.4 Å². The molecule has 14 nitrogen and oxygen atoms in total. The zero-order valence-corrected chi connectivity index (χ0v) is 32.6. The van der Waals surface area contributed by atoms with E-state index in [2.05, 4.69) is 30.4 Å². The van der Waals surface area contributed by atoms with E-state index in [9.17, 15) is 22.4 Å². The lowest BCUT2D eigenvalue weighted by atomic mass is 10.1. The molecule has 4 atom stereocenters. The van der Waals surface area contributed by atoms with Crippen LogP contribution < -0.4 is 20.4 Å². The van der Waals surface area contributed by atoms with Gasteiger partial charge in [-0.05, 0) is 42.6 Å². The van der Waals surface area contributed by atoms with E-state index in [-0.39, 0.29) is 34.2 Å². The minimum absolute atomic E-state index is 0.0637. The first-order valence-electron chi connectivity index (χ1n) is 17.6. The van der Waals surface area contributed by atoms with Crippen LogP contribution in [0.15, 0.2) is 28.0 Å². The standard InChI is InChI=1S/C22H26ClFN6O2S.C12H15ClN4O2S/c1-28-13-14(2-5-19(28)31)25-21-20-18(6-11-33(20)32)26-22(27-21)30-9-7-29(8-10-30)15-3-4-16(23)17(24)12-15;1-17-6-7(2-3-9(17)18)14-11-10-8(4-5-20(10)19)15-12(13)16-11/h3-4,12,14H,2,5-11,13H2,1H3,(H,25,26,27);7H,2-6H2,1H3,(H,14,15,16)/t14-,33?;7-,20?/m00/s1. The maximum absolute atomic E-state index is 13.9. The first kappa shape index (κ1) is 37.6. The molecule has 1 aromatic carbocycles. The number of piperidine rings is 2. The van der Waals surface area contributed by atoms with Gasteiger partial charge >= 0.3 is 0 Å². The van der Waals surface area contributed by atoms with Crippen LogP contribution in [0.5, 0.6) is 0 Å². The number of carbonyl (C=O) groups is 2. The quantitative estimate of drug-likeness (QED) is 0.352. The summed E-state index contributed by atoms with van der Waals surface area (Å²) >= 11 is 11.7. The number of likely N-dealkylation sites (tertiary alicyclic amines) is 2. The van der Waals surface area contributed by atoms with E-state index < -0.39 is 27.4 Å². The normalized spacial score (nSPS) is 24.1. The van der Waals surface area contributed by atoms with Crippen LogP contribution in [0.2, 0.25) is 10.3 Å². The molecule has 0 radical (unpaired) electrons. The molecule has 5 aliphatic rings. The van der Waals surface area contributed by atoms with Crippen molar-refractivity contribution in [3.05, 3.63) is 45.7 Å². The SMILES string of the molecule is CN1C[C@@H](Nc2nc(Cl)nc3c2S(=O)CC3)CCC1=O.CN1C[C@@H](Nc2nc(N3CCN(c4ccc(Cl)c(F)c4)CC3)nc3c2S(=O)CC3)CCC1=O. The third-order valence-corrected chi connectivity index (χ3v) is 13.5. The van der Waals surface area contributed by atoms with Crippen molar-refractivity contribution in [1.29, 1.82) is 0 Å². The monoisotopic (exact) mass is 806 g/mol. The van der Waals surface area contributed by atoms with Crippen molar-refractivity contribution >= 4 is 79.9 Å². The molecular weight excluding hydrogens is 766 g/mol. The van der Waals surface area contributed by atoms with Gasteiger partial charge in [0, 0.05) is 108 Å².